The van der Waals surface area contributed by atoms with Gasteiger partial charge in [0.2, 0.25) is 5.76 Å². The third-order valence-electron chi connectivity index (χ3n) is 3.84. The fourth-order valence-electron chi connectivity index (χ4n) is 3.03. The van der Waals surface area contributed by atoms with Crippen molar-refractivity contribution in [3.05, 3.63) is 17.9 Å². The van der Waals surface area contributed by atoms with E-state index in [2.05, 4.69) is 4.90 Å². The SMILES string of the molecule is O=C(O)c1ccc(N2CC3CCCC3C2)o1. The molecule has 4 heteroatoms. The lowest BCUT2D eigenvalue weighted by Crippen LogP contribution is -2.19. The second kappa shape index (κ2) is 3.54. The van der Waals surface area contributed by atoms with Gasteiger partial charge in [0.15, 0.2) is 5.88 Å². The van der Waals surface area contributed by atoms with E-state index in [1.54, 1.807) is 6.07 Å². The number of fused-ring (bicyclic) bond motifs is 1. The Morgan fingerprint density at radius 1 is 1.31 bits per heavy atom. The summed E-state index contributed by atoms with van der Waals surface area (Å²) in [7, 11) is 0. The number of rotatable bonds is 2. The van der Waals surface area contributed by atoms with Crippen molar-refractivity contribution >= 4 is 11.9 Å². The second-order valence-corrected chi connectivity index (χ2v) is 4.80. The highest BCUT2D eigenvalue weighted by molar-refractivity contribution is 5.84. The van der Waals surface area contributed by atoms with Crippen LogP contribution in [0.5, 0.6) is 0 Å². The molecule has 0 radical (unpaired) electrons. The number of anilines is 1. The van der Waals surface area contributed by atoms with Crippen LogP contribution in [0, 0.1) is 11.8 Å². The number of hydrogen-bond donors (Lipinski definition) is 1. The first-order chi connectivity index (χ1) is 7.74. The van der Waals surface area contributed by atoms with Crippen LogP contribution in [-0.4, -0.2) is 24.2 Å². The van der Waals surface area contributed by atoms with E-state index in [4.69, 9.17) is 9.52 Å². The lowest BCUT2D eigenvalue weighted by molar-refractivity contribution is 0.0663. The molecule has 0 bridgehead atoms. The van der Waals surface area contributed by atoms with Crippen LogP contribution in [0.25, 0.3) is 0 Å². The van der Waals surface area contributed by atoms with E-state index in [1.165, 1.54) is 25.3 Å². The minimum Gasteiger partial charge on any atom is -0.475 e. The Kier molecular flexibility index (Phi) is 2.16. The highest BCUT2D eigenvalue weighted by atomic mass is 16.4. The van der Waals surface area contributed by atoms with Crippen LogP contribution in [0.15, 0.2) is 16.5 Å². The predicted octanol–water partition coefficient (Wildman–Crippen LogP) is 2.21. The van der Waals surface area contributed by atoms with Gasteiger partial charge in [0, 0.05) is 19.2 Å². The van der Waals surface area contributed by atoms with Crippen LogP contribution < -0.4 is 4.90 Å². The topological polar surface area (TPSA) is 53.7 Å². The monoisotopic (exact) mass is 221 g/mol. The van der Waals surface area contributed by atoms with Crippen LogP contribution in [0.1, 0.15) is 29.8 Å². The van der Waals surface area contributed by atoms with Crippen LogP contribution in [0.3, 0.4) is 0 Å². The van der Waals surface area contributed by atoms with Gasteiger partial charge in [-0.15, -0.1) is 0 Å². The van der Waals surface area contributed by atoms with Crippen molar-refractivity contribution in [2.45, 2.75) is 19.3 Å². The van der Waals surface area contributed by atoms with Gasteiger partial charge in [-0.3, -0.25) is 0 Å². The fraction of sp³-hybridized carbons (Fsp3) is 0.583. The minimum absolute atomic E-state index is 0.0343. The molecule has 86 valence electrons. The highest BCUT2D eigenvalue weighted by Crippen LogP contribution is 2.39. The molecule has 2 aliphatic rings. The van der Waals surface area contributed by atoms with Gasteiger partial charge in [0.05, 0.1) is 0 Å². The summed E-state index contributed by atoms with van der Waals surface area (Å²) in [4.78, 5) is 12.9. The van der Waals surface area contributed by atoms with Gasteiger partial charge in [-0.25, -0.2) is 4.79 Å². The highest BCUT2D eigenvalue weighted by Gasteiger charge is 2.37. The first-order valence-corrected chi connectivity index (χ1v) is 5.82. The summed E-state index contributed by atoms with van der Waals surface area (Å²) in [6.07, 6.45) is 3.98. The molecule has 4 nitrogen and oxygen atoms in total. The summed E-state index contributed by atoms with van der Waals surface area (Å²) in [5.74, 6) is 1.33. The van der Waals surface area contributed by atoms with Gasteiger partial charge in [-0.2, -0.15) is 0 Å². The number of nitrogens with zero attached hydrogens (tertiary/aromatic N) is 1. The maximum absolute atomic E-state index is 10.7. The summed E-state index contributed by atoms with van der Waals surface area (Å²) in [5.41, 5.74) is 0. The summed E-state index contributed by atoms with van der Waals surface area (Å²) in [5, 5.41) is 8.79. The molecule has 1 N–H and O–H groups in total. The largest absolute Gasteiger partial charge is 0.475 e. The van der Waals surface area contributed by atoms with Crippen LogP contribution in [0.2, 0.25) is 0 Å². The molecule has 2 atom stereocenters. The zero-order chi connectivity index (χ0) is 11.1. The standard InChI is InChI=1S/C12H15NO3/c14-12(15)10-4-5-11(16-10)13-6-8-2-1-3-9(8)7-13/h4-5,8-9H,1-3,6-7H2,(H,14,15). The van der Waals surface area contributed by atoms with E-state index in [0.29, 0.717) is 5.88 Å². The maximum atomic E-state index is 10.7. The lowest BCUT2D eigenvalue weighted by Gasteiger charge is -2.15. The van der Waals surface area contributed by atoms with Crippen molar-refractivity contribution in [3.63, 3.8) is 0 Å². The lowest BCUT2D eigenvalue weighted by atomic mass is 10.0. The van der Waals surface area contributed by atoms with E-state index in [-0.39, 0.29) is 5.76 Å². The van der Waals surface area contributed by atoms with Crippen LogP contribution in [0.4, 0.5) is 5.88 Å². The number of aromatic carboxylic acids is 1. The zero-order valence-electron chi connectivity index (χ0n) is 9.06. The Balaban J connectivity index is 1.76. The molecule has 0 aromatic carbocycles. The normalized spacial score (nSPS) is 28.4. The molecule has 0 amide bonds. The Morgan fingerprint density at radius 3 is 2.56 bits per heavy atom. The van der Waals surface area contributed by atoms with Gasteiger partial charge in [-0.1, -0.05) is 6.42 Å². The molecule has 2 heterocycles. The van der Waals surface area contributed by atoms with Gasteiger partial charge in [0.1, 0.15) is 0 Å². The molecule has 1 saturated heterocycles. The third kappa shape index (κ3) is 1.49. The number of carboxylic acid groups (broad SMARTS) is 1. The molecular formula is C12H15NO3. The number of hydrogen-bond acceptors (Lipinski definition) is 3. The molecule has 1 aliphatic heterocycles. The maximum Gasteiger partial charge on any atom is 0.371 e. The smallest absolute Gasteiger partial charge is 0.371 e. The van der Waals surface area contributed by atoms with E-state index < -0.39 is 5.97 Å². The van der Waals surface area contributed by atoms with Crippen LogP contribution in [-0.2, 0) is 0 Å². The zero-order valence-corrected chi connectivity index (χ0v) is 9.06. The molecule has 1 aliphatic carbocycles. The number of carboxylic acids is 1. The Hall–Kier alpha value is -1.45. The summed E-state index contributed by atoms with van der Waals surface area (Å²) in [6.45, 7) is 2.05. The quantitative estimate of drug-likeness (QED) is 0.831. The van der Waals surface area contributed by atoms with E-state index >= 15 is 0 Å². The first kappa shape index (κ1) is 9.75. The summed E-state index contributed by atoms with van der Waals surface area (Å²) >= 11 is 0. The molecule has 2 fully saturated rings. The molecule has 1 saturated carbocycles. The van der Waals surface area contributed by atoms with Crippen LogP contribution >= 0.6 is 0 Å². The van der Waals surface area contributed by atoms with E-state index in [1.807, 2.05) is 0 Å². The van der Waals surface area contributed by atoms with E-state index in [0.717, 1.165) is 24.9 Å². The molecule has 3 rings (SSSR count). The summed E-state index contributed by atoms with van der Waals surface area (Å²) in [6, 6.07) is 3.30. The Morgan fingerprint density at radius 2 is 2.00 bits per heavy atom. The van der Waals surface area contributed by atoms with Gasteiger partial charge in [0.25, 0.3) is 0 Å². The Bertz CT molecular complexity index is 400. The van der Waals surface area contributed by atoms with Crippen molar-refractivity contribution in [1.82, 2.24) is 0 Å². The molecule has 2 unspecified atom stereocenters. The van der Waals surface area contributed by atoms with Crippen molar-refractivity contribution < 1.29 is 14.3 Å². The van der Waals surface area contributed by atoms with Crippen molar-refractivity contribution in [2.24, 2.45) is 11.8 Å². The van der Waals surface area contributed by atoms with Gasteiger partial charge < -0.3 is 14.4 Å². The van der Waals surface area contributed by atoms with Gasteiger partial charge in [-0.05, 0) is 30.7 Å². The van der Waals surface area contributed by atoms with Gasteiger partial charge >= 0.3 is 5.97 Å². The average molecular weight is 221 g/mol. The molecule has 1 aromatic heterocycles. The molecule has 16 heavy (non-hydrogen) atoms. The summed E-state index contributed by atoms with van der Waals surface area (Å²) < 4.78 is 5.32. The van der Waals surface area contributed by atoms with E-state index in [9.17, 15) is 4.79 Å². The molecule has 0 spiro atoms. The van der Waals surface area contributed by atoms with Crippen molar-refractivity contribution in [2.75, 3.05) is 18.0 Å². The predicted molar refractivity (Wildman–Crippen MR) is 58.7 cm³/mol. The minimum atomic E-state index is -0.995. The first-order valence-electron chi connectivity index (χ1n) is 5.82. The third-order valence-corrected chi connectivity index (χ3v) is 3.84. The second-order valence-electron chi connectivity index (χ2n) is 4.80. The van der Waals surface area contributed by atoms with Crippen molar-refractivity contribution in [1.29, 1.82) is 0 Å². The Labute approximate surface area is 93.8 Å². The number of carbonyl (C=O) groups is 1. The number of furan rings is 1. The molecule has 1 aromatic rings. The fourth-order valence-corrected chi connectivity index (χ4v) is 3.03. The van der Waals surface area contributed by atoms with Crippen molar-refractivity contribution in [3.8, 4) is 0 Å². The average Bonchev–Trinajstić information content (AvgIpc) is 2.91. The molecular weight excluding hydrogens is 206 g/mol.